The van der Waals surface area contributed by atoms with Gasteiger partial charge < -0.3 is 9.88 Å². The molecule has 150 valence electrons. The highest BCUT2D eigenvalue weighted by atomic mass is 32.2. The summed E-state index contributed by atoms with van der Waals surface area (Å²) in [6.07, 6.45) is 1.91. The van der Waals surface area contributed by atoms with Gasteiger partial charge in [0.2, 0.25) is 5.91 Å². The largest absolute Gasteiger partial charge is 0.323 e. The van der Waals surface area contributed by atoms with E-state index in [1.54, 1.807) is 0 Å². The third-order valence-corrected chi connectivity index (χ3v) is 5.57. The van der Waals surface area contributed by atoms with E-state index in [1.807, 2.05) is 24.5 Å². The molecule has 2 heterocycles. The molecule has 1 fully saturated rings. The Hall–Kier alpha value is -2.81. The summed E-state index contributed by atoms with van der Waals surface area (Å²) < 4.78 is 28.7. The van der Waals surface area contributed by atoms with Crippen molar-refractivity contribution in [3.63, 3.8) is 0 Å². The zero-order valence-corrected chi connectivity index (χ0v) is 16.6. The standard InChI is InChI=1S/C20H18F2N4O2S/c1-10-7-11(2)23-18-17(10)19(28)25-20(26(18)13-4-5-13)29-9-16(27)24-15-6-3-12(21)8-14(15)22/h3,6-8,13H,4-5,9H2,1-2H3,(H,24,27). The Morgan fingerprint density at radius 1 is 1.24 bits per heavy atom. The number of carbonyl (C=O) groups excluding carboxylic acids is 1. The lowest BCUT2D eigenvalue weighted by Crippen LogP contribution is -2.20. The second-order valence-corrected chi connectivity index (χ2v) is 7.98. The van der Waals surface area contributed by atoms with Crippen LogP contribution in [0.4, 0.5) is 14.5 Å². The molecule has 0 bridgehead atoms. The number of aryl methyl sites for hydroxylation is 2. The van der Waals surface area contributed by atoms with Gasteiger partial charge in [-0.15, -0.1) is 0 Å². The van der Waals surface area contributed by atoms with E-state index >= 15 is 0 Å². The van der Waals surface area contributed by atoms with Crippen molar-refractivity contribution in [3.05, 3.63) is 57.5 Å². The van der Waals surface area contributed by atoms with Crippen molar-refractivity contribution in [2.45, 2.75) is 37.9 Å². The summed E-state index contributed by atoms with van der Waals surface area (Å²) in [7, 11) is 0. The number of hydrogen-bond acceptors (Lipinski definition) is 5. The van der Waals surface area contributed by atoms with Crippen molar-refractivity contribution in [1.82, 2.24) is 14.5 Å². The van der Waals surface area contributed by atoms with Gasteiger partial charge in [0.25, 0.3) is 5.56 Å². The molecular formula is C20H18F2N4O2S. The number of amides is 1. The molecule has 3 aromatic rings. The molecule has 0 spiro atoms. The number of aromatic nitrogens is 3. The number of benzene rings is 1. The van der Waals surface area contributed by atoms with Crippen LogP contribution < -0.4 is 10.9 Å². The average Bonchev–Trinajstić information content (AvgIpc) is 3.46. The molecule has 6 nitrogen and oxygen atoms in total. The number of rotatable bonds is 5. The van der Waals surface area contributed by atoms with E-state index in [-0.39, 0.29) is 23.0 Å². The van der Waals surface area contributed by atoms with E-state index in [9.17, 15) is 18.4 Å². The maximum Gasteiger partial charge on any atom is 0.283 e. The van der Waals surface area contributed by atoms with Crippen molar-refractivity contribution in [3.8, 4) is 0 Å². The van der Waals surface area contributed by atoms with Crippen molar-refractivity contribution < 1.29 is 13.6 Å². The number of hydrogen-bond donors (Lipinski definition) is 1. The molecule has 1 aliphatic rings. The molecule has 2 aromatic heterocycles. The molecule has 1 aliphatic carbocycles. The Morgan fingerprint density at radius 2 is 2.00 bits per heavy atom. The van der Waals surface area contributed by atoms with Gasteiger partial charge in [0.15, 0.2) is 5.16 Å². The fourth-order valence-corrected chi connectivity index (χ4v) is 4.07. The predicted octanol–water partition coefficient (Wildman–Crippen LogP) is 3.75. The molecule has 4 rings (SSSR count). The Labute approximate surface area is 169 Å². The number of anilines is 1. The summed E-state index contributed by atoms with van der Waals surface area (Å²) in [5, 5.41) is 3.31. The maximum absolute atomic E-state index is 13.7. The van der Waals surface area contributed by atoms with Gasteiger partial charge in [-0.05, 0) is 50.5 Å². The fourth-order valence-electron chi connectivity index (χ4n) is 3.21. The van der Waals surface area contributed by atoms with Gasteiger partial charge in [-0.25, -0.2) is 13.8 Å². The number of carbonyl (C=O) groups is 1. The summed E-state index contributed by atoms with van der Waals surface area (Å²) in [6, 6.07) is 4.98. The molecule has 0 radical (unpaired) electrons. The molecule has 1 aromatic carbocycles. The molecule has 0 atom stereocenters. The van der Waals surface area contributed by atoms with Crippen LogP contribution in [0.2, 0.25) is 0 Å². The lowest BCUT2D eigenvalue weighted by atomic mass is 10.2. The van der Waals surface area contributed by atoms with Crippen LogP contribution in [0.3, 0.4) is 0 Å². The summed E-state index contributed by atoms with van der Waals surface area (Å²) in [6.45, 7) is 3.72. The van der Waals surface area contributed by atoms with E-state index in [1.165, 1.54) is 0 Å². The third kappa shape index (κ3) is 4.00. The molecule has 1 saturated carbocycles. The summed E-state index contributed by atoms with van der Waals surface area (Å²) in [5.41, 5.74) is 1.72. The molecule has 1 N–H and O–H groups in total. The molecule has 1 amide bonds. The molecule has 0 unspecified atom stereocenters. The van der Waals surface area contributed by atoms with Crippen LogP contribution >= 0.6 is 11.8 Å². The van der Waals surface area contributed by atoms with Crippen LogP contribution in [0, 0.1) is 25.5 Å². The maximum atomic E-state index is 13.7. The van der Waals surface area contributed by atoms with Crippen LogP contribution in [-0.4, -0.2) is 26.2 Å². The van der Waals surface area contributed by atoms with Gasteiger partial charge in [-0.1, -0.05) is 11.8 Å². The van der Waals surface area contributed by atoms with Crippen LogP contribution in [-0.2, 0) is 4.79 Å². The van der Waals surface area contributed by atoms with E-state index in [0.29, 0.717) is 22.3 Å². The minimum atomic E-state index is -0.850. The van der Waals surface area contributed by atoms with E-state index in [2.05, 4.69) is 15.3 Å². The molecular weight excluding hydrogens is 398 g/mol. The van der Waals surface area contributed by atoms with Gasteiger partial charge in [0.05, 0.1) is 16.8 Å². The first-order valence-corrected chi connectivity index (χ1v) is 10.1. The van der Waals surface area contributed by atoms with Gasteiger partial charge in [0, 0.05) is 17.8 Å². The van der Waals surface area contributed by atoms with Crippen LogP contribution in [0.1, 0.15) is 30.1 Å². The van der Waals surface area contributed by atoms with E-state index < -0.39 is 17.5 Å². The van der Waals surface area contributed by atoms with Crippen molar-refractivity contribution in [2.24, 2.45) is 0 Å². The smallest absolute Gasteiger partial charge is 0.283 e. The SMILES string of the molecule is Cc1cc(C)c2c(=O)nc(SCC(=O)Nc3ccc(F)cc3F)n(C3CC3)c2n1. The van der Waals surface area contributed by atoms with Gasteiger partial charge in [-0.3, -0.25) is 9.59 Å². The number of nitrogens with zero attached hydrogens (tertiary/aromatic N) is 3. The van der Waals surface area contributed by atoms with Crippen molar-refractivity contribution in [1.29, 1.82) is 0 Å². The lowest BCUT2D eigenvalue weighted by molar-refractivity contribution is -0.113. The Balaban J connectivity index is 1.62. The molecule has 9 heteroatoms. The summed E-state index contributed by atoms with van der Waals surface area (Å²) in [5.74, 6) is -2.13. The Morgan fingerprint density at radius 3 is 2.69 bits per heavy atom. The minimum Gasteiger partial charge on any atom is -0.323 e. The highest BCUT2D eigenvalue weighted by molar-refractivity contribution is 7.99. The number of nitrogens with one attached hydrogen (secondary N) is 1. The topological polar surface area (TPSA) is 76.9 Å². The second-order valence-electron chi connectivity index (χ2n) is 7.04. The molecule has 29 heavy (non-hydrogen) atoms. The first-order valence-electron chi connectivity index (χ1n) is 9.11. The van der Waals surface area contributed by atoms with E-state index in [4.69, 9.17) is 0 Å². The monoisotopic (exact) mass is 416 g/mol. The minimum absolute atomic E-state index is 0.0771. The predicted molar refractivity (Wildman–Crippen MR) is 107 cm³/mol. The first kappa shape index (κ1) is 19.5. The van der Waals surface area contributed by atoms with Crippen LogP contribution in [0.15, 0.2) is 34.2 Å². The quantitative estimate of drug-likeness (QED) is 0.506. The van der Waals surface area contributed by atoms with Crippen molar-refractivity contribution >= 4 is 34.4 Å². The highest BCUT2D eigenvalue weighted by Gasteiger charge is 2.29. The Kier molecular flexibility index (Phi) is 5.08. The number of thioether (sulfide) groups is 1. The third-order valence-electron chi connectivity index (χ3n) is 4.62. The zero-order valence-electron chi connectivity index (χ0n) is 15.8. The summed E-state index contributed by atoms with van der Waals surface area (Å²) in [4.78, 5) is 33.6. The van der Waals surface area contributed by atoms with Crippen LogP contribution in [0.5, 0.6) is 0 Å². The highest BCUT2D eigenvalue weighted by Crippen LogP contribution is 2.39. The average molecular weight is 416 g/mol. The Bertz CT molecular complexity index is 1190. The number of fused-ring (bicyclic) bond motifs is 1. The zero-order chi connectivity index (χ0) is 20.7. The van der Waals surface area contributed by atoms with E-state index in [0.717, 1.165) is 48.0 Å². The van der Waals surface area contributed by atoms with Crippen molar-refractivity contribution in [2.75, 3.05) is 11.1 Å². The number of pyridine rings is 1. The van der Waals surface area contributed by atoms with Gasteiger partial charge >= 0.3 is 0 Å². The second kappa shape index (κ2) is 7.55. The summed E-state index contributed by atoms with van der Waals surface area (Å²) >= 11 is 1.10. The van der Waals surface area contributed by atoms with Gasteiger partial charge in [0.1, 0.15) is 17.3 Å². The number of halogens is 2. The lowest BCUT2D eigenvalue weighted by Gasteiger charge is -2.15. The first-order chi connectivity index (χ1) is 13.8. The molecule has 0 aliphatic heterocycles. The normalized spacial score (nSPS) is 13.7. The van der Waals surface area contributed by atoms with Crippen LogP contribution in [0.25, 0.3) is 11.0 Å². The fraction of sp³-hybridized carbons (Fsp3) is 0.300. The van der Waals surface area contributed by atoms with Gasteiger partial charge in [-0.2, -0.15) is 4.98 Å². The molecule has 0 saturated heterocycles.